The monoisotopic (exact) mass is 455 g/mol. The molecule has 0 N–H and O–H groups in total. The van der Waals surface area contributed by atoms with Crippen LogP contribution in [-0.2, 0) is 0 Å². The first-order valence-corrected chi connectivity index (χ1v) is 10.5. The van der Waals surface area contributed by atoms with E-state index in [1.165, 1.54) is 0 Å². The van der Waals surface area contributed by atoms with Gasteiger partial charge in [-0.1, -0.05) is 0 Å². The van der Waals surface area contributed by atoms with Crippen LogP contribution in [-0.4, -0.2) is 0 Å². The summed E-state index contributed by atoms with van der Waals surface area (Å²) in [5.41, 5.74) is 0. The summed E-state index contributed by atoms with van der Waals surface area (Å²) in [7, 11) is 0. The predicted octanol–water partition coefficient (Wildman–Crippen LogP) is 2.38. The molecule has 0 bridgehead atoms. The summed E-state index contributed by atoms with van der Waals surface area (Å²) in [6, 6.07) is 0. The van der Waals surface area contributed by atoms with Crippen LogP contribution in [0, 0.1) is 37.1 Å². The van der Waals surface area contributed by atoms with Gasteiger partial charge in [-0.25, -0.2) is 0 Å². The van der Waals surface area contributed by atoms with Crippen molar-refractivity contribution in [3.8, 4) is 0 Å². The molecule has 0 saturated carbocycles. The first kappa shape index (κ1) is 10.7. The molecule has 0 fully saturated rings. The van der Waals surface area contributed by atoms with Gasteiger partial charge >= 0.3 is 55.5 Å². The van der Waals surface area contributed by atoms with Crippen molar-refractivity contribution in [3.63, 3.8) is 0 Å². The molecule has 0 rings (SSSR count). The van der Waals surface area contributed by atoms with Crippen LogP contribution in [0.1, 0.15) is 0 Å². The number of rotatable bonds is 0. The fraction of sp³-hybridized carbons (Fsp3) is 0. The predicted molar refractivity (Wildman–Crippen MR) is 38.0 cm³/mol. The summed E-state index contributed by atoms with van der Waals surface area (Å²) in [4.78, 5) is 0. The number of hydrogen-bond donors (Lipinski definition) is 0. The van der Waals surface area contributed by atoms with Gasteiger partial charge in [0.05, 0.1) is 0 Å². The van der Waals surface area contributed by atoms with Crippen LogP contribution in [0.15, 0.2) is 6.58 Å². The second-order valence-electron chi connectivity index (χ2n) is 0.0382. The van der Waals surface area contributed by atoms with Crippen LogP contribution in [0.2, 0.25) is 0 Å². The summed E-state index contributed by atoms with van der Waals surface area (Å²) >= 11 is 5.52. The molecule has 0 aliphatic carbocycles. The molecular formula is C2H3I2Yb-. The summed E-state index contributed by atoms with van der Waals surface area (Å²) in [6.07, 6.45) is 0. The van der Waals surface area contributed by atoms with Crippen LogP contribution < -0.4 is 0 Å². The Morgan fingerprint density at radius 1 is 1.40 bits per heavy atom. The van der Waals surface area contributed by atoms with Gasteiger partial charge in [-0.05, 0) is 0 Å². The zero-order chi connectivity index (χ0) is 4.71. The first-order chi connectivity index (χ1) is 2.41. The molecule has 0 heterocycles. The van der Waals surface area contributed by atoms with Crippen LogP contribution >= 0.6 is 25.0 Å². The van der Waals surface area contributed by atoms with Gasteiger partial charge < -0.3 is 6.58 Å². The zero-order valence-corrected chi connectivity index (χ0v) is 8.34. The summed E-state index contributed by atoms with van der Waals surface area (Å²) < 4.78 is 0. The molecule has 0 radical (unpaired) electrons. The molecule has 0 aliphatic heterocycles. The Morgan fingerprint density at radius 3 is 1.40 bits per heavy atom. The zero-order valence-electron chi connectivity index (χ0n) is 2.31. The van der Waals surface area contributed by atoms with E-state index in [1.807, 2.05) is 0 Å². The molecule has 0 aliphatic rings. The van der Waals surface area contributed by atoms with Gasteiger partial charge in [-0.15, -0.1) is 0 Å². The van der Waals surface area contributed by atoms with Crippen molar-refractivity contribution in [2.24, 2.45) is 0 Å². The van der Waals surface area contributed by atoms with E-state index in [-0.39, 0.29) is 0 Å². The molecule has 0 aromatic rings. The Morgan fingerprint density at radius 2 is 1.40 bits per heavy atom. The quantitative estimate of drug-likeness (QED) is 0.390. The van der Waals surface area contributed by atoms with Crippen molar-refractivity contribution in [1.29, 1.82) is 0 Å². The Kier molecular flexibility index (Phi) is 33.9. The van der Waals surface area contributed by atoms with Crippen molar-refractivity contribution in [2.75, 3.05) is 0 Å². The average Bonchev–Trinajstić information content (AvgIpc) is 1.46. The standard InChI is InChI=1S/C2H3.2HI.Yb/c1-2;;;/h1H,2H2;2*1H;/q-1;;;+2/p-2. The van der Waals surface area contributed by atoms with Gasteiger partial charge in [-0.3, -0.25) is 6.58 Å². The van der Waals surface area contributed by atoms with Gasteiger partial charge in [-0.2, -0.15) is 0 Å². The number of hydrogen-bond acceptors (Lipinski definition) is 0. The van der Waals surface area contributed by atoms with Crippen LogP contribution in [0.25, 0.3) is 0 Å². The SMILES string of the molecule is [CH-]=C.[I][Yb][I]. The topological polar surface area (TPSA) is 0 Å². The van der Waals surface area contributed by atoms with E-state index < -0.39 is 0 Å². The third-order valence-corrected chi connectivity index (χ3v) is 0. The molecular weight excluding hydrogens is 451 g/mol. The molecule has 0 spiro atoms. The van der Waals surface area contributed by atoms with E-state index in [9.17, 15) is 0 Å². The number of halogens is 2. The molecule has 0 nitrogen and oxygen atoms in total. The van der Waals surface area contributed by atoms with Crippen molar-refractivity contribution in [2.45, 2.75) is 0 Å². The van der Waals surface area contributed by atoms with Crippen LogP contribution in [0.5, 0.6) is 0 Å². The molecule has 40 valence electrons. The second kappa shape index (κ2) is 15.9. The Hall–Kier alpha value is 2.72. The molecule has 0 aromatic heterocycles. The van der Waals surface area contributed by atoms with E-state index >= 15 is 0 Å². The Balaban J connectivity index is 0. The van der Waals surface area contributed by atoms with Gasteiger partial charge in [0.2, 0.25) is 0 Å². The van der Waals surface area contributed by atoms with Gasteiger partial charge in [0.1, 0.15) is 0 Å². The molecule has 0 saturated heterocycles. The van der Waals surface area contributed by atoms with Crippen molar-refractivity contribution in [1.82, 2.24) is 0 Å². The van der Waals surface area contributed by atoms with E-state index in [2.05, 4.69) is 38.2 Å². The summed E-state index contributed by atoms with van der Waals surface area (Å²) in [6.45, 7) is 7.00. The van der Waals surface area contributed by atoms with E-state index in [1.54, 1.807) is 0 Å². The van der Waals surface area contributed by atoms with Gasteiger partial charge in [0, 0.05) is 0 Å². The van der Waals surface area contributed by atoms with Gasteiger partial charge in [0.25, 0.3) is 0 Å². The van der Waals surface area contributed by atoms with E-state index in [0.29, 0.717) is 0 Å². The van der Waals surface area contributed by atoms with Crippen LogP contribution in [0.4, 0.5) is 0 Å². The van der Waals surface area contributed by atoms with Crippen molar-refractivity contribution in [3.05, 3.63) is 13.2 Å². The maximum absolute atomic E-state index is 4.25. The maximum atomic E-state index is 4.25. The fourth-order valence-electron chi connectivity index (χ4n) is 0. The van der Waals surface area contributed by atoms with E-state index in [0.717, 1.165) is 30.5 Å². The molecule has 3 heteroatoms. The van der Waals surface area contributed by atoms with Crippen LogP contribution in [0.3, 0.4) is 0 Å². The molecule has 5 heavy (non-hydrogen) atoms. The summed E-state index contributed by atoms with van der Waals surface area (Å²) in [5, 5.41) is 0. The molecule has 0 atom stereocenters. The molecule has 0 amide bonds. The van der Waals surface area contributed by atoms with Crippen molar-refractivity contribution < 1.29 is 30.5 Å². The van der Waals surface area contributed by atoms with Crippen molar-refractivity contribution >= 4 is 25.0 Å². The minimum atomic E-state index is 0.857. The second-order valence-corrected chi connectivity index (χ2v) is 12.7. The minimum absolute atomic E-state index is 0.857. The Labute approximate surface area is 66.1 Å². The molecule has 0 unspecified atom stereocenters. The summed E-state index contributed by atoms with van der Waals surface area (Å²) in [5.74, 6) is 0. The van der Waals surface area contributed by atoms with Gasteiger partial charge in [0.15, 0.2) is 0 Å². The third kappa shape index (κ3) is 20.2. The fourth-order valence-corrected chi connectivity index (χ4v) is 0. The first-order valence-electron chi connectivity index (χ1n) is 0.610. The normalized spacial score (nSPS) is 5.20. The third-order valence-electron chi connectivity index (χ3n) is 0. The molecule has 0 aromatic carbocycles. The average molecular weight is 454 g/mol. The van der Waals surface area contributed by atoms with E-state index in [4.69, 9.17) is 0 Å². The Bertz CT molecular complexity index is 11.6.